The minimum Gasteiger partial charge on any atom is -0.271 e. The number of hydrazine groups is 1. The maximum atomic E-state index is 5.40. The van der Waals surface area contributed by atoms with Gasteiger partial charge in [-0.25, -0.2) is 0 Å². The minimum atomic E-state index is -0.0191. The van der Waals surface area contributed by atoms with Gasteiger partial charge in [0.2, 0.25) is 0 Å². The average Bonchev–Trinajstić information content (AvgIpc) is 1.96. The maximum absolute atomic E-state index is 5.40. The summed E-state index contributed by atoms with van der Waals surface area (Å²) in [6, 6.07) is 0. The van der Waals surface area contributed by atoms with E-state index < -0.39 is 0 Å². The average molecular weight is 138 g/mol. The highest BCUT2D eigenvalue weighted by molar-refractivity contribution is 5.27. The van der Waals surface area contributed by atoms with Crippen LogP contribution < -0.4 is 11.3 Å². The Hall–Kier alpha value is -0.600. The number of hydrogen-bond donors (Lipinski definition) is 2. The zero-order chi connectivity index (χ0) is 7.61. The summed E-state index contributed by atoms with van der Waals surface area (Å²) in [5.74, 6) is 5.40. The van der Waals surface area contributed by atoms with Crippen molar-refractivity contribution >= 4 is 0 Å². The second kappa shape index (κ2) is 2.56. The molecule has 0 bridgehead atoms. The highest BCUT2D eigenvalue weighted by Gasteiger charge is 2.23. The molecule has 1 rings (SSSR count). The Morgan fingerprint density at radius 2 is 2.40 bits per heavy atom. The molecular formula is C8H14N2. The molecule has 0 aromatic rings. The summed E-state index contributed by atoms with van der Waals surface area (Å²) < 4.78 is 0. The lowest BCUT2D eigenvalue weighted by molar-refractivity contribution is 0.424. The van der Waals surface area contributed by atoms with Crippen molar-refractivity contribution in [1.29, 1.82) is 0 Å². The van der Waals surface area contributed by atoms with Crippen LogP contribution in [0.3, 0.4) is 0 Å². The van der Waals surface area contributed by atoms with E-state index >= 15 is 0 Å². The van der Waals surface area contributed by atoms with Crippen LogP contribution in [0.4, 0.5) is 0 Å². The highest BCUT2D eigenvalue weighted by atomic mass is 15.3. The summed E-state index contributed by atoms with van der Waals surface area (Å²) in [5, 5.41) is 0. The summed E-state index contributed by atoms with van der Waals surface area (Å²) in [6.45, 7) is 4.19. The van der Waals surface area contributed by atoms with Crippen LogP contribution >= 0.6 is 0 Å². The molecule has 0 spiro atoms. The highest BCUT2D eigenvalue weighted by Crippen LogP contribution is 2.23. The largest absolute Gasteiger partial charge is 0.271 e. The molecule has 0 radical (unpaired) electrons. The summed E-state index contributed by atoms with van der Waals surface area (Å²) in [6.07, 6.45) is 7.25. The third kappa shape index (κ3) is 1.13. The van der Waals surface area contributed by atoms with Crippen LogP contribution in [-0.2, 0) is 0 Å². The molecule has 10 heavy (non-hydrogen) atoms. The van der Waals surface area contributed by atoms with Crippen LogP contribution in [0.5, 0.6) is 0 Å². The first-order valence-electron chi connectivity index (χ1n) is 3.51. The third-order valence-corrected chi connectivity index (χ3v) is 2.20. The molecule has 0 saturated carbocycles. The number of hydrogen-bond acceptors (Lipinski definition) is 2. The van der Waals surface area contributed by atoms with Gasteiger partial charge >= 0.3 is 0 Å². The van der Waals surface area contributed by atoms with Crippen molar-refractivity contribution in [3.05, 3.63) is 23.8 Å². The van der Waals surface area contributed by atoms with Gasteiger partial charge in [0.1, 0.15) is 0 Å². The molecular weight excluding hydrogens is 124 g/mol. The van der Waals surface area contributed by atoms with E-state index in [4.69, 9.17) is 5.84 Å². The molecule has 0 saturated heterocycles. The van der Waals surface area contributed by atoms with E-state index in [1.54, 1.807) is 0 Å². The summed E-state index contributed by atoms with van der Waals surface area (Å²) in [5.41, 5.74) is 4.08. The first kappa shape index (κ1) is 7.51. The summed E-state index contributed by atoms with van der Waals surface area (Å²) in [7, 11) is 0. The van der Waals surface area contributed by atoms with Crippen LogP contribution in [0.15, 0.2) is 23.8 Å². The third-order valence-electron chi connectivity index (χ3n) is 2.20. The summed E-state index contributed by atoms with van der Waals surface area (Å²) in [4.78, 5) is 0. The number of allylic oxidation sites excluding steroid dienone is 2. The van der Waals surface area contributed by atoms with Gasteiger partial charge in [0.15, 0.2) is 0 Å². The summed E-state index contributed by atoms with van der Waals surface area (Å²) >= 11 is 0. The fourth-order valence-electron chi connectivity index (χ4n) is 1.03. The normalized spacial score (nSPS) is 32.1. The Morgan fingerprint density at radius 3 is 2.80 bits per heavy atom. The molecule has 56 valence electrons. The van der Waals surface area contributed by atoms with Gasteiger partial charge in [-0.2, -0.15) is 0 Å². The Bertz CT molecular complexity index is 182. The smallest absolute Gasteiger partial charge is 0.0536 e. The molecule has 0 amide bonds. The number of rotatable bonds is 1. The van der Waals surface area contributed by atoms with Gasteiger partial charge in [-0.1, -0.05) is 23.8 Å². The Balaban J connectivity index is 2.81. The van der Waals surface area contributed by atoms with Crippen molar-refractivity contribution in [2.45, 2.75) is 25.8 Å². The number of nitrogens with one attached hydrogen (secondary N) is 1. The molecule has 1 aliphatic rings. The Morgan fingerprint density at radius 1 is 1.70 bits per heavy atom. The fraction of sp³-hybridized carbons (Fsp3) is 0.500. The van der Waals surface area contributed by atoms with Gasteiger partial charge in [0.05, 0.1) is 5.54 Å². The van der Waals surface area contributed by atoms with Crippen LogP contribution in [0.25, 0.3) is 0 Å². The first-order valence-corrected chi connectivity index (χ1v) is 3.51. The van der Waals surface area contributed by atoms with Crippen molar-refractivity contribution in [1.82, 2.24) is 5.43 Å². The van der Waals surface area contributed by atoms with Gasteiger partial charge in [-0.05, 0) is 20.3 Å². The monoisotopic (exact) mass is 138 g/mol. The zero-order valence-electron chi connectivity index (χ0n) is 6.52. The SMILES string of the molecule is CC1=CC=CCC1(C)NN. The van der Waals surface area contributed by atoms with Gasteiger partial charge in [-0.15, -0.1) is 0 Å². The Labute approximate surface area is 61.8 Å². The van der Waals surface area contributed by atoms with Crippen LogP contribution in [0, 0.1) is 0 Å². The quantitative estimate of drug-likeness (QED) is 0.421. The zero-order valence-corrected chi connectivity index (χ0v) is 6.52. The molecule has 0 aromatic heterocycles. The lowest BCUT2D eigenvalue weighted by Gasteiger charge is -2.30. The van der Waals surface area contributed by atoms with E-state index in [0.717, 1.165) is 6.42 Å². The molecule has 0 heterocycles. The molecule has 1 unspecified atom stereocenters. The predicted molar refractivity (Wildman–Crippen MR) is 43.2 cm³/mol. The minimum absolute atomic E-state index is 0.0191. The molecule has 2 heteroatoms. The molecule has 1 atom stereocenters. The van der Waals surface area contributed by atoms with Crippen LogP contribution in [0.1, 0.15) is 20.3 Å². The first-order chi connectivity index (χ1) is 4.69. The lowest BCUT2D eigenvalue weighted by Crippen LogP contribution is -2.47. The van der Waals surface area contributed by atoms with E-state index in [-0.39, 0.29) is 5.54 Å². The maximum Gasteiger partial charge on any atom is 0.0536 e. The molecule has 1 aliphatic carbocycles. The standard InChI is InChI=1S/C8H14N2/c1-7-5-3-4-6-8(7,2)10-9/h3-5,10H,6,9H2,1-2H3. The van der Waals surface area contributed by atoms with E-state index in [0.29, 0.717) is 0 Å². The van der Waals surface area contributed by atoms with Crippen molar-refractivity contribution in [2.75, 3.05) is 0 Å². The fourth-order valence-corrected chi connectivity index (χ4v) is 1.03. The topological polar surface area (TPSA) is 38.0 Å². The van der Waals surface area contributed by atoms with Crippen molar-refractivity contribution in [3.63, 3.8) is 0 Å². The van der Waals surface area contributed by atoms with Crippen molar-refractivity contribution in [2.24, 2.45) is 5.84 Å². The predicted octanol–water partition coefficient (Wildman–Crippen LogP) is 1.11. The van der Waals surface area contributed by atoms with Crippen molar-refractivity contribution in [3.8, 4) is 0 Å². The van der Waals surface area contributed by atoms with Gasteiger partial charge in [0.25, 0.3) is 0 Å². The molecule has 0 aromatic carbocycles. The van der Waals surface area contributed by atoms with E-state index in [9.17, 15) is 0 Å². The molecule has 3 N–H and O–H groups in total. The number of nitrogens with two attached hydrogens (primary N) is 1. The second-order valence-electron chi connectivity index (χ2n) is 2.96. The van der Waals surface area contributed by atoms with Gasteiger partial charge < -0.3 is 0 Å². The van der Waals surface area contributed by atoms with E-state index in [2.05, 4.69) is 37.5 Å². The van der Waals surface area contributed by atoms with E-state index in [1.807, 2.05) is 0 Å². The van der Waals surface area contributed by atoms with Crippen LogP contribution in [0.2, 0.25) is 0 Å². The molecule has 2 nitrogen and oxygen atoms in total. The molecule has 0 fully saturated rings. The van der Waals surface area contributed by atoms with Crippen molar-refractivity contribution < 1.29 is 0 Å². The second-order valence-corrected chi connectivity index (χ2v) is 2.96. The van der Waals surface area contributed by atoms with Gasteiger partial charge in [0, 0.05) is 0 Å². The lowest BCUT2D eigenvalue weighted by atomic mass is 9.87. The molecule has 0 aliphatic heterocycles. The van der Waals surface area contributed by atoms with Gasteiger partial charge in [-0.3, -0.25) is 11.3 Å². The van der Waals surface area contributed by atoms with E-state index in [1.165, 1.54) is 5.57 Å². The van der Waals surface area contributed by atoms with Crippen LogP contribution in [-0.4, -0.2) is 5.54 Å². The Kier molecular flexibility index (Phi) is 1.92.